The Labute approximate surface area is 205 Å². The molecule has 0 heterocycles. The van der Waals surface area contributed by atoms with Gasteiger partial charge in [0.15, 0.2) is 6.61 Å². The summed E-state index contributed by atoms with van der Waals surface area (Å²) in [6.45, 7) is 1.77. The molecule has 0 unspecified atom stereocenters. The van der Waals surface area contributed by atoms with E-state index in [1.165, 1.54) is 6.21 Å². The number of halogens is 1. The van der Waals surface area contributed by atoms with Gasteiger partial charge in [-0.2, -0.15) is 5.10 Å². The van der Waals surface area contributed by atoms with Crippen LogP contribution in [0.25, 0.3) is 10.8 Å². The van der Waals surface area contributed by atoms with Gasteiger partial charge >= 0.3 is 5.97 Å². The third-order valence-electron chi connectivity index (χ3n) is 4.97. The molecular formula is C27H21BrN2O4. The molecule has 0 radical (unpaired) electrons. The minimum Gasteiger partial charge on any atom is -0.483 e. The first kappa shape index (κ1) is 23.2. The van der Waals surface area contributed by atoms with Gasteiger partial charge in [-0.3, -0.25) is 4.79 Å². The second kappa shape index (κ2) is 10.8. The van der Waals surface area contributed by atoms with E-state index in [1.54, 1.807) is 36.4 Å². The largest absolute Gasteiger partial charge is 0.483 e. The molecular weight excluding hydrogens is 496 g/mol. The zero-order valence-corrected chi connectivity index (χ0v) is 19.9. The van der Waals surface area contributed by atoms with E-state index in [9.17, 15) is 9.59 Å². The minimum absolute atomic E-state index is 0.178. The molecule has 0 aliphatic heterocycles. The molecule has 34 heavy (non-hydrogen) atoms. The maximum Gasteiger partial charge on any atom is 0.343 e. The highest BCUT2D eigenvalue weighted by Crippen LogP contribution is 2.32. The van der Waals surface area contributed by atoms with Crippen LogP contribution in [0.4, 0.5) is 0 Å². The lowest BCUT2D eigenvalue weighted by Gasteiger charge is -2.09. The summed E-state index contributed by atoms with van der Waals surface area (Å²) in [6, 6.07) is 25.6. The van der Waals surface area contributed by atoms with Crippen LogP contribution in [-0.2, 0) is 4.79 Å². The maximum absolute atomic E-state index is 12.2. The Balaban J connectivity index is 1.27. The molecule has 7 heteroatoms. The number of hydrazone groups is 1. The third-order valence-corrected chi connectivity index (χ3v) is 5.79. The van der Waals surface area contributed by atoms with E-state index in [0.717, 1.165) is 26.4 Å². The highest BCUT2D eigenvalue weighted by molar-refractivity contribution is 9.10. The van der Waals surface area contributed by atoms with E-state index in [4.69, 9.17) is 9.47 Å². The predicted molar refractivity (Wildman–Crippen MR) is 135 cm³/mol. The number of benzene rings is 4. The number of amides is 1. The van der Waals surface area contributed by atoms with Crippen LogP contribution in [-0.4, -0.2) is 24.7 Å². The Morgan fingerprint density at radius 3 is 2.44 bits per heavy atom. The predicted octanol–water partition coefficient (Wildman–Crippen LogP) is 5.66. The molecule has 1 N–H and O–H groups in total. The molecule has 0 aliphatic rings. The average Bonchev–Trinajstić information content (AvgIpc) is 2.85. The van der Waals surface area contributed by atoms with Crippen LogP contribution in [0, 0.1) is 6.92 Å². The van der Waals surface area contributed by atoms with Gasteiger partial charge in [-0.05, 0) is 81.7 Å². The molecule has 4 rings (SSSR count). The number of nitrogens with one attached hydrogen (secondary N) is 1. The Bertz CT molecular complexity index is 1350. The zero-order valence-electron chi connectivity index (χ0n) is 18.3. The lowest BCUT2D eigenvalue weighted by atomic mass is 10.1. The molecule has 4 aromatic carbocycles. The van der Waals surface area contributed by atoms with Gasteiger partial charge in [-0.15, -0.1) is 0 Å². The van der Waals surface area contributed by atoms with E-state index in [0.29, 0.717) is 17.1 Å². The molecule has 0 saturated heterocycles. The number of rotatable bonds is 7. The summed E-state index contributed by atoms with van der Waals surface area (Å²) in [4.78, 5) is 24.3. The van der Waals surface area contributed by atoms with Crippen LogP contribution < -0.4 is 14.9 Å². The summed E-state index contributed by atoms with van der Waals surface area (Å²) in [5.74, 6) is 0.182. The lowest BCUT2D eigenvalue weighted by molar-refractivity contribution is -0.123. The molecule has 0 aromatic heterocycles. The van der Waals surface area contributed by atoms with E-state index >= 15 is 0 Å². The second-order valence-corrected chi connectivity index (χ2v) is 8.30. The van der Waals surface area contributed by atoms with Crippen molar-refractivity contribution in [3.8, 4) is 11.5 Å². The van der Waals surface area contributed by atoms with E-state index in [1.807, 2.05) is 55.5 Å². The van der Waals surface area contributed by atoms with Crippen LogP contribution >= 0.6 is 15.9 Å². The molecule has 1 amide bonds. The average molecular weight is 517 g/mol. The molecule has 0 spiro atoms. The molecule has 0 fully saturated rings. The lowest BCUT2D eigenvalue weighted by Crippen LogP contribution is -2.24. The van der Waals surface area contributed by atoms with Crippen LogP contribution in [0.3, 0.4) is 0 Å². The summed E-state index contributed by atoms with van der Waals surface area (Å²) in [5, 5.41) is 6.03. The van der Waals surface area contributed by atoms with Crippen molar-refractivity contribution in [2.75, 3.05) is 6.61 Å². The Hall–Kier alpha value is -3.97. The van der Waals surface area contributed by atoms with Crippen LogP contribution in [0.2, 0.25) is 0 Å². The minimum atomic E-state index is -0.424. The fourth-order valence-corrected chi connectivity index (χ4v) is 3.76. The molecule has 0 saturated carbocycles. The molecule has 0 bridgehead atoms. The number of carbonyl (C=O) groups is 2. The number of ether oxygens (including phenoxy) is 2. The number of hydrogen-bond donors (Lipinski definition) is 1. The number of hydrogen-bond acceptors (Lipinski definition) is 5. The van der Waals surface area contributed by atoms with E-state index in [-0.39, 0.29) is 12.5 Å². The quantitative estimate of drug-likeness (QED) is 0.149. The molecule has 0 aliphatic carbocycles. The summed E-state index contributed by atoms with van der Waals surface area (Å²) >= 11 is 3.53. The maximum atomic E-state index is 12.2. The Kier molecular flexibility index (Phi) is 7.34. The van der Waals surface area contributed by atoms with Crippen molar-refractivity contribution in [1.29, 1.82) is 0 Å². The first-order chi connectivity index (χ1) is 16.5. The molecule has 6 nitrogen and oxygen atoms in total. The Morgan fingerprint density at radius 2 is 1.68 bits per heavy atom. The van der Waals surface area contributed by atoms with Crippen molar-refractivity contribution in [1.82, 2.24) is 5.43 Å². The SMILES string of the molecule is Cc1ccc(C(=O)Oc2ccc(C=NNC(=O)COc3ccc4ccccc4c3Br)cc2)cc1. The molecule has 170 valence electrons. The van der Waals surface area contributed by atoms with Crippen LogP contribution in [0.5, 0.6) is 11.5 Å². The van der Waals surface area contributed by atoms with Crippen LogP contribution in [0.15, 0.2) is 94.5 Å². The summed E-state index contributed by atoms with van der Waals surface area (Å²) in [7, 11) is 0. The number of aryl methyl sites for hydroxylation is 1. The first-order valence-corrected chi connectivity index (χ1v) is 11.3. The van der Waals surface area contributed by atoms with Gasteiger partial charge in [0.2, 0.25) is 0 Å². The van der Waals surface area contributed by atoms with Gasteiger partial charge in [-0.25, -0.2) is 10.2 Å². The normalized spacial score (nSPS) is 10.9. The smallest absolute Gasteiger partial charge is 0.343 e. The summed E-state index contributed by atoms with van der Waals surface area (Å²) < 4.78 is 11.8. The molecule has 4 aromatic rings. The second-order valence-electron chi connectivity index (χ2n) is 7.51. The van der Waals surface area contributed by atoms with E-state index < -0.39 is 5.97 Å². The van der Waals surface area contributed by atoms with E-state index in [2.05, 4.69) is 26.5 Å². The van der Waals surface area contributed by atoms with Gasteiger partial charge in [0, 0.05) is 0 Å². The van der Waals surface area contributed by atoms with Crippen molar-refractivity contribution < 1.29 is 19.1 Å². The topological polar surface area (TPSA) is 77.0 Å². The fraction of sp³-hybridized carbons (Fsp3) is 0.0741. The van der Waals surface area contributed by atoms with Gasteiger partial charge in [0.05, 0.1) is 16.3 Å². The zero-order chi connectivity index (χ0) is 23.9. The molecule has 0 atom stereocenters. The van der Waals surface area contributed by atoms with Gasteiger partial charge < -0.3 is 9.47 Å². The number of carbonyl (C=O) groups excluding carboxylic acids is 2. The van der Waals surface area contributed by atoms with Gasteiger partial charge in [0.25, 0.3) is 5.91 Å². The van der Waals surface area contributed by atoms with Crippen molar-refractivity contribution >= 4 is 44.8 Å². The highest BCUT2D eigenvalue weighted by atomic mass is 79.9. The monoisotopic (exact) mass is 516 g/mol. The van der Waals surface area contributed by atoms with Crippen molar-refractivity contribution in [2.45, 2.75) is 6.92 Å². The standard InChI is InChI=1S/C27H21BrN2O4/c1-18-6-10-21(11-7-18)27(32)34-22-13-8-19(9-14-22)16-29-30-25(31)17-33-24-15-12-20-4-2-3-5-23(20)26(24)28/h2-16H,17H2,1H3,(H,30,31). The van der Waals surface area contributed by atoms with Crippen molar-refractivity contribution in [3.63, 3.8) is 0 Å². The Morgan fingerprint density at radius 1 is 0.941 bits per heavy atom. The number of esters is 1. The van der Waals surface area contributed by atoms with Crippen molar-refractivity contribution in [2.24, 2.45) is 5.10 Å². The summed E-state index contributed by atoms with van der Waals surface area (Å²) in [5.41, 5.74) is 4.72. The van der Waals surface area contributed by atoms with Crippen molar-refractivity contribution in [3.05, 3.63) is 106 Å². The third kappa shape index (κ3) is 5.88. The first-order valence-electron chi connectivity index (χ1n) is 10.5. The number of nitrogens with zero attached hydrogens (tertiary/aromatic N) is 1. The number of fused-ring (bicyclic) bond motifs is 1. The fourth-order valence-electron chi connectivity index (χ4n) is 3.16. The van der Waals surface area contributed by atoms with Crippen LogP contribution in [0.1, 0.15) is 21.5 Å². The van der Waals surface area contributed by atoms with Gasteiger partial charge in [-0.1, -0.05) is 48.0 Å². The van der Waals surface area contributed by atoms with Gasteiger partial charge in [0.1, 0.15) is 11.5 Å². The highest BCUT2D eigenvalue weighted by Gasteiger charge is 2.09. The summed E-state index contributed by atoms with van der Waals surface area (Å²) in [6.07, 6.45) is 1.50.